The van der Waals surface area contributed by atoms with Gasteiger partial charge in [-0.2, -0.15) is 0 Å². The van der Waals surface area contributed by atoms with Gasteiger partial charge in [0.1, 0.15) is 0 Å². The number of benzene rings is 13. The summed E-state index contributed by atoms with van der Waals surface area (Å²) in [7, 11) is 0. The number of hydrogen-bond acceptors (Lipinski definition) is 1. The summed E-state index contributed by atoms with van der Waals surface area (Å²) in [6.45, 7) is 4.85. The fourth-order valence-electron chi connectivity index (χ4n) is 14.2. The minimum absolute atomic E-state index is 0.292. The van der Waals surface area contributed by atoms with Crippen LogP contribution in [0.3, 0.4) is 0 Å². The quantitative estimate of drug-likeness (QED) is 0.159. The first-order chi connectivity index (χ1) is 36.0. The average Bonchev–Trinajstić information content (AvgIpc) is 4.01. The van der Waals surface area contributed by atoms with Gasteiger partial charge in [-0.25, -0.2) is 0 Å². The minimum atomic E-state index is -0.537. The molecule has 1 spiro atoms. The molecular formula is C72H47N. The van der Waals surface area contributed by atoms with Crippen molar-refractivity contribution in [3.05, 3.63) is 282 Å². The van der Waals surface area contributed by atoms with Crippen molar-refractivity contribution in [3.63, 3.8) is 0 Å². The zero-order valence-corrected chi connectivity index (χ0v) is 40.6. The molecule has 3 aliphatic rings. The van der Waals surface area contributed by atoms with Gasteiger partial charge < -0.3 is 4.90 Å². The van der Waals surface area contributed by atoms with Crippen molar-refractivity contribution in [1.82, 2.24) is 0 Å². The van der Waals surface area contributed by atoms with Crippen LogP contribution in [-0.4, -0.2) is 0 Å². The zero-order chi connectivity index (χ0) is 48.2. The Hall–Kier alpha value is -9.04. The van der Waals surface area contributed by atoms with Crippen molar-refractivity contribution in [2.45, 2.75) is 24.7 Å². The van der Waals surface area contributed by atoms with Gasteiger partial charge >= 0.3 is 0 Å². The van der Waals surface area contributed by atoms with Gasteiger partial charge in [0, 0.05) is 16.7 Å². The first-order valence-electron chi connectivity index (χ1n) is 25.7. The third-order valence-corrected chi connectivity index (χ3v) is 17.2. The molecule has 1 nitrogen and oxygen atoms in total. The second kappa shape index (κ2) is 14.8. The summed E-state index contributed by atoms with van der Waals surface area (Å²) in [6.07, 6.45) is 0. The second-order valence-electron chi connectivity index (χ2n) is 21.1. The van der Waals surface area contributed by atoms with Crippen LogP contribution in [0.15, 0.2) is 249 Å². The number of anilines is 3. The number of hydrogen-bond donors (Lipinski definition) is 0. The van der Waals surface area contributed by atoms with Crippen LogP contribution in [0.1, 0.15) is 47.2 Å². The summed E-state index contributed by atoms with van der Waals surface area (Å²) in [5, 5.41) is 12.6. The Bertz CT molecular complexity index is 4470. The van der Waals surface area contributed by atoms with Crippen LogP contribution in [0.5, 0.6) is 0 Å². The Morgan fingerprint density at radius 1 is 0.274 bits per heavy atom. The predicted molar refractivity (Wildman–Crippen MR) is 308 cm³/mol. The molecule has 0 fully saturated rings. The van der Waals surface area contributed by atoms with Crippen molar-refractivity contribution in [1.29, 1.82) is 0 Å². The van der Waals surface area contributed by atoms with Crippen LogP contribution in [0.2, 0.25) is 0 Å². The first kappa shape index (κ1) is 40.7. The normalized spacial score (nSPS) is 14.1. The first-order valence-corrected chi connectivity index (χ1v) is 25.7. The molecule has 0 saturated heterocycles. The molecule has 0 N–H and O–H groups in total. The monoisotopic (exact) mass is 925 g/mol. The van der Waals surface area contributed by atoms with Gasteiger partial charge in [0.15, 0.2) is 0 Å². The summed E-state index contributed by atoms with van der Waals surface area (Å²) in [5.74, 6) is 0. The third kappa shape index (κ3) is 5.36. The summed E-state index contributed by atoms with van der Waals surface area (Å²) in [4.78, 5) is 2.65. The Balaban J connectivity index is 1.08. The van der Waals surface area contributed by atoms with Crippen LogP contribution in [-0.2, 0) is 10.8 Å². The van der Waals surface area contributed by atoms with Gasteiger partial charge in [0.2, 0.25) is 0 Å². The van der Waals surface area contributed by atoms with E-state index < -0.39 is 5.41 Å². The molecule has 0 saturated carbocycles. The van der Waals surface area contributed by atoms with Crippen LogP contribution < -0.4 is 4.90 Å². The highest BCUT2D eigenvalue weighted by Crippen LogP contribution is 2.65. The largest absolute Gasteiger partial charge is 0.310 e. The molecule has 16 rings (SSSR count). The molecule has 13 aromatic carbocycles. The van der Waals surface area contributed by atoms with Gasteiger partial charge in [-0.3, -0.25) is 0 Å². The summed E-state index contributed by atoms with van der Waals surface area (Å²) >= 11 is 0. The molecule has 0 aromatic heterocycles. The highest BCUT2D eigenvalue weighted by Gasteiger charge is 2.52. The lowest BCUT2D eigenvalue weighted by Gasteiger charge is -2.35. The van der Waals surface area contributed by atoms with E-state index in [-0.39, 0.29) is 5.41 Å². The van der Waals surface area contributed by atoms with Gasteiger partial charge in [-0.05, 0) is 163 Å². The Morgan fingerprint density at radius 2 is 0.753 bits per heavy atom. The molecule has 0 aliphatic heterocycles. The van der Waals surface area contributed by atoms with E-state index in [2.05, 4.69) is 267 Å². The maximum atomic E-state index is 2.65. The molecule has 0 unspecified atom stereocenters. The number of fused-ring (bicyclic) bond motifs is 22. The molecule has 340 valence electrons. The van der Waals surface area contributed by atoms with Gasteiger partial charge in [0.05, 0.1) is 16.8 Å². The molecule has 1 heteroatoms. The molecule has 3 aliphatic carbocycles. The van der Waals surface area contributed by atoms with Crippen LogP contribution in [0.4, 0.5) is 17.1 Å². The smallest absolute Gasteiger partial charge is 0.0726 e. The van der Waals surface area contributed by atoms with E-state index >= 15 is 0 Å². The lowest BCUT2D eigenvalue weighted by atomic mass is 9.70. The van der Waals surface area contributed by atoms with E-state index in [4.69, 9.17) is 0 Å². The molecule has 0 radical (unpaired) electrons. The average molecular weight is 926 g/mol. The fraction of sp³-hybridized carbons (Fsp3) is 0.0556. The Labute approximate surface area is 424 Å². The van der Waals surface area contributed by atoms with Gasteiger partial charge in [-0.1, -0.05) is 226 Å². The highest BCUT2D eigenvalue weighted by atomic mass is 15.1. The van der Waals surface area contributed by atoms with Crippen molar-refractivity contribution < 1.29 is 0 Å². The van der Waals surface area contributed by atoms with Crippen LogP contribution >= 0.6 is 0 Å². The van der Waals surface area contributed by atoms with Gasteiger partial charge in [-0.15, -0.1) is 0 Å². The zero-order valence-electron chi connectivity index (χ0n) is 40.6. The van der Waals surface area contributed by atoms with Crippen molar-refractivity contribution in [2.75, 3.05) is 4.90 Å². The second-order valence-corrected chi connectivity index (χ2v) is 21.1. The lowest BCUT2D eigenvalue weighted by Crippen LogP contribution is -2.26. The van der Waals surface area contributed by atoms with Crippen molar-refractivity contribution >= 4 is 70.9 Å². The summed E-state index contributed by atoms with van der Waals surface area (Å²) < 4.78 is 0. The van der Waals surface area contributed by atoms with E-state index in [0.29, 0.717) is 0 Å². The van der Waals surface area contributed by atoms with Crippen LogP contribution in [0, 0.1) is 0 Å². The number of nitrogens with zero attached hydrogens (tertiary/aromatic N) is 1. The number of rotatable bonds is 4. The van der Waals surface area contributed by atoms with E-state index in [9.17, 15) is 0 Å². The van der Waals surface area contributed by atoms with Crippen LogP contribution in [0.25, 0.3) is 98.4 Å². The van der Waals surface area contributed by atoms with E-state index in [0.717, 1.165) is 11.4 Å². The molecule has 0 amide bonds. The summed E-state index contributed by atoms with van der Waals surface area (Å²) in [6, 6.07) is 94.6. The molecule has 0 heterocycles. The predicted octanol–water partition coefficient (Wildman–Crippen LogP) is 19.2. The standard InChI is InChI=1S/C72H47N/c1-71(2)63-29-13-9-26-56(63)58-28-17-33-68(70(58)71)73(47-38-39-53-51-22-6-5-20-49(51)50-21-7-8-23-52(50)61(53)41-47)69-43-67-62(42-60(69)46-37-36-45-35-34-44-18-3-4-19-48(44)59(45)40-46)57-27-12-16-32-66(57)72(67)64-30-14-10-24-54(64)55-25-11-15-31-65(55)72/h3-43H,1-2H3. The molecule has 13 aromatic rings. The van der Waals surface area contributed by atoms with Crippen molar-refractivity contribution in [2.24, 2.45) is 0 Å². The minimum Gasteiger partial charge on any atom is -0.310 e. The SMILES string of the molecule is CC1(C)c2ccccc2-c2cccc(N(c3ccc4c5ccccc5c5ccccc5c4c3)c3cc4c(cc3-c3ccc5ccc6ccccc6c5c3)-c3ccccc3C43c4ccccc4-c4ccccc43)c21. The summed E-state index contributed by atoms with van der Waals surface area (Å²) in [5.41, 5.74) is 20.8. The third-order valence-electron chi connectivity index (χ3n) is 17.2. The van der Waals surface area contributed by atoms with E-state index in [1.54, 1.807) is 0 Å². The Kier molecular flexibility index (Phi) is 8.22. The van der Waals surface area contributed by atoms with Gasteiger partial charge in [0.25, 0.3) is 0 Å². The van der Waals surface area contributed by atoms with E-state index in [1.807, 2.05) is 0 Å². The maximum Gasteiger partial charge on any atom is 0.0726 e. The highest BCUT2D eigenvalue weighted by molar-refractivity contribution is 6.26. The molecular weight excluding hydrogens is 879 g/mol. The lowest BCUT2D eigenvalue weighted by molar-refractivity contribution is 0.661. The Morgan fingerprint density at radius 3 is 1.40 bits per heavy atom. The molecule has 0 atom stereocenters. The topological polar surface area (TPSA) is 3.24 Å². The molecule has 0 bridgehead atoms. The molecule has 73 heavy (non-hydrogen) atoms. The van der Waals surface area contributed by atoms with E-state index in [1.165, 1.54) is 137 Å². The fourth-order valence-corrected chi connectivity index (χ4v) is 14.2. The maximum absolute atomic E-state index is 2.65. The van der Waals surface area contributed by atoms with Crippen molar-refractivity contribution in [3.8, 4) is 44.5 Å².